The van der Waals surface area contributed by atoms with Crippen molar-refractivity contribution >= 4 is 22.2 Å². The van der Waals surface area contributed by atoms with Crippen LogP contribution < -0.4 is 4.74 Å². The van der Waals surface area contributed by atoms with E-state index in [0.29, 0.717) is 23.3 Å². The molecule has 2 aromatic carbocycles. The highest BCUT2D eigenvalue weighted by molar-refractivity contribution is 9.10. The summed E-state index contributed by atoms with van der Waals surface area (Å²) in [6.07, 6.45) is 3.46. The second kappa shape index (κ2) is 6.84. The fraction of sp³-hybridized carbons (Fsp3) is 0.118. The number of aldehydes is 1. The van der Waals surface area contributed by atoms with Crippen molar-refractivity contribution in [3.63, 3.8) is 0 Å². The van der Waals surface area contributed by atoms with Gasteiger partial charge in [0.25, 0.3) is 0 Å². The Bertz CT molecular complexity index is 866. The Morgan fingerprint density at radius 2 is 2.00 bits per heavy atom. The minimum atomic E-state index is -0.739. The maximum absolute atomic E-state index is 11.4. The summed E-state index contributed by atoms with van der Waals surface area (Å²) >= 11 is 3.44. The Hall–Kier alpha value is -2.67. The molecule has 0 saturated heterocycles. The Labute approximate surface area is 146 Å². The van der Waals surface area contributed by atoms with Gasteiger partial charge in [0.15, 0.2) is 0 Å². The van der Waals surface area contributed by atoms with Gasteiger partial charge in [-0.25, -0.2) is 9.67 Å². The zero-order valence-corrected chi connectivity index (χ0v) is 14.3. The normalized spacial score (nSPS) is 11.9. The quantitative estimate of drug-likeness (QED) is 0.676. The molecule has 3 rings (SSSR count). The van der Waals surface area contributed by atoms with E-state index >= 15 is 0 Å². The van der Waals surface area contributed by atoms with Gasteiger partial charge in [-0.1, -0.05) is 15.9 Å². The van der Waals surface area contributed by atoms with Crippen molar-refractivity contribution in [2.75, 3.05) is 0 Å². The van der Waals surface area contributed by atoms with Crippen LogP contribution in [0, 0.1) is 6.92 Å². The lowest BCUT2D eigenvalue weighted by Crippen LogP contribution is -2.12. The molecule has 1 N–H and O–H groups in total. The van der Waals surface area contributed by atoms with Crippen LogP contribution in [0.15, 0.2) is 53.5 Å². The first-order valence-electron chi connectivity index (χ1n) is 7.15. The minimum absolute atomic E-state index is 0.0473. The van der Waals surface area contributed by atoms with Crippen LogP contribution >= 0.6 is 15.9 Å². The number of carbonyl (C=O) groups excluding carboxylic acids is 1. The summed E-state index contributed by atoms with van der Waals surface area (Å²) in [5.41, 5.74) is 1.47. The predicted molar refractivity (Wildman–Crippen MR) is 91.3 cm³/mol. The van der Waals surface area contributed by atoms with E-state index in [-0.39, 0.29) is 5.75 Å². The van der Waals surface area contributed by atoms with E-state index in [1.165, 1.54) is 23.4 Å². The van der Waals surface area contributed by atoms with Crippen molar-refractivity contribution in [2.24, 2.45) is 0 Å². The van der Waals surface area contributed by atoms with Gasteiger partial charge in [-0.3, -0.25) is 0 Å². The minimum Gasteiger partial charge on any atom is -0.507 e. The van der Waals surface area contributed by atoms with Crippen LogP contribution in [0.25, 0.3) is 0 Å². The SMILES string of the molecule is Cc1cc(Oc2ccc(C(C=O)n3cncn3)c(O)c2)ccc1Br. The lowest BCUT2D eigenvalue weighted by atomic mass is 10.1. The number of aromatic nitrogens is 3. The number of phenolic OH excluding ortho intramolecular Hbond substituents is 1. The zero-order chi connectivity index (χ0) is 17.1. The average Bonchev–Trinajstić information content (AvgIpc) is 3.08. The van der Waals surface area contributed by atoms with E-state index in [0.717, 1.165) is 10.0 Å². The summed E-state index contributed by atoms with van der Waals surface area (Å²) in [5, 5.41) is 14.2. The summed E-state index contributed by atoms with van der Waals surface area (Å²) in [5.74, 6) is 1.08. The number of rotatable bonds is 5. The zero-order valence-electron chi connectivity index (χ0n) is 12.8. The van der Waals surface area contributed by atoms with Crippen molar-refractivity contribution in [1.82, 2.24) is 14.8 Å². The van der Waals surface area contributed by atoms with Gasteiger partial charge in [0.1, 0.15) is 42.2 Å². The van der Waals surface area contributed by atoms with Crippen molar-refractivity contribution < 1.29 is 14.6 Å². The number of aromatic hydroxyl groups is 1. The van der Waals surface area contributed by atoms with E-state index in [1.807, 2.05) is 25.1 Å². The molecule has 6 nitrogen and oxygen atoms in total. The van der Waals surface area contributed by atoms with Crippen molar-refractivity contribution in [2.45, 2.75) is 13.0 Å². The Kier molecular flexibility index (Phi) is 4.61. The standard InChI is InChI=1S/C17H14BrN3O3/c1-11-6-12(3-5-15(11)18)24-13-2-4-14(17(23)7-13)16(8-22)21-10-19-9-20-21/h2-10,16,23H,1H3. The molecular weight excluding hydrogens is 374 g/mol. The maximum atomic E-state index is 11.4. The smallest absolute Gasteiger partial charge is 0.149 e. The highest BCUT2D eigenvalue weighted by atomic mass is 79.9. The largest absolute Gasteiger partial charge is 0.507 e. The number of hydrogen-bond donors (Lipinski definition) is 1. The topological polar surface area (TPSA) is 77.2 Å². The van der Waals surface area contributed by atoms with E-state index in [1.54, 1.807) is 12.1 Å². The lowest BCUT2D eigenvalue weighted by Gasteiger charge is -2.14. The molecule has 1 atom stereocenters. The van der Waals surface area contributed by atoms with Gasteiger partial charge >= 0.3 is 0 Å². The molecule has 0 aliphatic carbocycles. The number of phenols is 1. The van der Waals surface area contributed by atoms with E-state index in [4.69, 9.17) is 4.74 Å². The number of nitrogens with zero attached hydrogens (tertiary/aromatic N) is 3. The lowest BCUT2D eigenvalue weighted by molar-refractivity contribution is -0.109. The van der Waals surface area contributed by atoms with Crippen LogP contribution in [-0.2, 0) is 4.79 Å². The first-order chi connectivity index (χ1) is 11.6. The fourth-order valence-electron chi connectivity index (χ4n) is 2.29. The number of carbonyl (C=O) groups is 1. The first kappa shape index (κ1) is 16.2. The third-order valence-electron chi connectivity index (χ3n) is 3.54. The number of benzene rings is 2. The summed E-state index contributed by atoms with van der Waals surface area (Å²) in [7, 11) is 0. The molecule has 1 heterocycles. The van der Waals surface area contributed by atoms with Crippen LogP contribution in [-0.4, -0.2) is 26.2 Å². The molecule has 3 aromatic rings. The van der Waals surface area contributed by atoms with Gasteiger partial charge in [-0.15, -0.1) is 0 Å². The van der Waals surface area contributed by atoms with Gasteiger partial charge in [0.05, 0.1) is 0 Å². The maximum Gasteiger partial charge on any atom is 0.149 e. The Morgan fingerprint density at radius 1 is 1.25 bits per heavy atom. The summed E-state index contributed by atoms with van der Waals surface area (Å²) < 4.78 is 8.12. The highest BCUT2D eigenvalue weighted by Gasteiger charge is 2.18. The summed E-state index contributed by atoms with van der Waals surface area (Å²) in [6, 6.07) is 9.67. The molecule has 1 aromatic heterocycles. The molecule has 1 unspecified atom stereocenters. The molecule has 122 valence electrons. The number of halogens is 1. The Balaban J connectivity index is 1.86. The third kappa shape index (κ3) is 3.30. The van der Waals surface area contributed by atoms with Gasteiger partial charge < -0.3 is 14.6 Å². The molecule has 0 amide bonds. The monoisotopic (exact) mass is 387 g/mol. The van der Waals surface area contributed by atoms with E-state index < -0.39 is 6.04 Å². The molecule has 0 aliphatic heterocycles. The van der Waals surface area contributed by atoms with E-state index in [9.17, 15) is 9.90 Å². The molecule has 24 heavy (non-hydrogen) atoms. The molecule has 7 heteroatoms. The molecule has 0 saturated carbocycles. The van der Waals surface area contributed by atoms with Gasteiger partial charge in [0, 0.05) is 16.1 Å². The average molecular weight is 388 g/mol. The summed E-state index contributed by atoms with van der Waals surface area (Å²) in [4.78, 5) is 15.2. The Morgan fingerprint density at radius 3 is 2.62 bits per heavy atom. The van der Waals surface area contributed by atoms with Crippen LogP contribution in [0.3, 0.4) is 0 Å². The second-order valence-electron chi connectivity index (χ2n) is 5.19. The van der Waals surface area contributed by atoms with Crippen molar-refractivity contribution in [3.05, 3.63) is 64.7 Å². The molecule has 0 bridgehead atoms. The molecular formula is C17H14BrN3O3. The molecule has 0 radical (unpaired) electrons. The molecule has 0 fully saturated rings. The van der Waals surface area contributed by atoms with Crippen molar-refractivity contribution in [1.29, 1.82) is 0 Å². The highest BCUT2D eigenvalue weighted by Crippen LogP contribution is 2.32. The fourth-order valence-corrected chi connectivity index (χ4v) is 2.54. The van der Waals surface area contributed by atoms with Gasteiger partial charge in [0.2, 0.25) is 0 Å². The number of hydrogen-bond acceptors (Lipinski definition) is 5. The molecule has 0 aliphatic rings. The predicted octanol–water partition coefficient (Wildman–Crippen LogP) is 3.64. The van der Waals surface area contributed by atoms with Gasteiger partial charge in [-0.05, 0) is 42.8 Å². The first-order valence-corrected chi connectivity index (χ1v) is 7.94. The van der Waals surface area contributed by atoms with Gasteiger partial charge in [-0.2, -0.15) is 5.10 Å². The summed E-state index contributed by atoms with van der Waals surface area (Å²) in [6.45, 7) is 1.96. The van der Waals surface area contributed by atoms with Crippen LogP contribution in [0.4, 0.5) is 0 Å². The van der Waals surface area contributed by atoms with Crippen LogP contribution in [0.5, 0.6) is 17.2 Å². The van der Waals surface area contributed by atoms with E-state index in [2.05, 4.69) is 26.0 Å². The second-order valence-corrected chi connectivity index (χ2v) is 6.04. The third-order valence-corrected chi connectivity index (χ3v) is 4.43. The van der Waals surface area contributed by atoms with Crippen LogP contribution in [0.2, 0.25) is 0 Å². The number of aryl methyl sites for hydroxylation is 1. The number of ether oxygens (including phenoxy) is 1. The van der Waals surface area contributed by atoms with Crippen molar-refractivity contribution in [3.8, 4) is 17.2 Å². The van der Waals surface area contributed by atoms with Crippen LogP contribution in [0.1, 0.15) is 17.2 Å². The molecule has 0 spiro atoms.